The maximum atomic E-state index is 13.2. The Balaban J connectivity index is 2.21. The summed E-state index contributed by atoms with van der Waals surface area (Å²) in [5, 5.41) is 3.30. The van der Waals surface area contributed by atoms with Gasteiger partial charge in [0.15, 0.2) is 0 Å². The molecule has 0 saturated heterocycles. The molecule has 2 aromatic rings. The number of hydrogen-bond donors (Lipinski definition) is 1. The third kappa shape index (κ3) is 3.88. The average Bonchev–Trinajstić information content (AvgIpc) is 2.71. The number of thiophene rings is 1. The van der Waals surface area contributed by atoms with Gasteiger partial charge >= 0.3 is 0 Å². The minimum absolute atomic E-state index is 0.213. The van der Waals surface area contributed by atoms with Crippen molar-refractivity contribution in [3.8, 4) is 0 Å². The van der Waals surface area contributed by atoms with Crippen LogP contribution in [-0.2, 0) is 6.42 Å². The fraction of sp³-hybridized carbons (Fsp3) is 0.231. The summed E-state index contributed by atoms with van der Waals surface area (Å²) >= 11 is 11.9. The SMILES string of the molecule is CNC(Cc1ccc(F)c(Br)c1)c1cc(Br)c(Br)s1. The van der Waals surface area contributed by atoms with Gasteiger partial charge < -0.3 is 5.32 Å². The lowest BCUT2D eigenvalue weighted by molar-refractivity contribution is 0.596. The van der Waals surface area contributed by atoms with Crippen molar-refractivity contribution in [3.63, 3.8) is 0 Å². The molecule has 1 aromatic carbocycles. The van der Waals surface area contributed by atoms with Crippen molar-refractivity contribution in [2.45, 2.75) is 12.5 Å². The molecule has 0 amide bonds. The van der Waals surface area contributed by atoms with E-state index in [1.165, 1.54) is 10.9 Å². The van der Waals surface area contributed by atoms with Crippen LogP contribution in [0, 0.1) is 5.82 Å². The number of benzene rings is 1. The van der Waals surface area contributed by atoms with Gasteiger partial charge in [0.25, 0.3) is 0 Å². The van der Waals surface area contributed by atoms with Gasteiger partial charge in [-0.25, -0.2) is 4.39 Å². The zero-order valence-corrected chi connectivity index (χ0v) is 15.6. The highest BCUT2D eigenvalue weighted by atomic mass is 79.9. The molecule has 0 aliphatic carbocycles. The van der Waals surface area contributed by atoms with Crippen molar-refractivity contribution >= 4 is 59.1 Å². The van der Waals surface area contributed by atoms with Crippen LogP contribution in [0.3, 0.4) is 0 Å². The lowest BCUT2D eigenvalue weighted by Gasteiger charge is -2.14. The van der Waals surface area contributed by atoms with E-state index < -0.39 is 0 Å². The third-order valence-corrected chi connectivity index (χ3v) is 6.76. The van der Waals surface area contributed by atoms with E-state index in [0.717, 1.165) is 20.2 Å². The number of likely N-dealkylation sites (N-methyl/N-ethyl adjacent to an activating group) is 1. The van der Waals surface area contributed by atoms with E-state index in [2.05, 4.69) is 59.2 Å². The van der Waals surface area contributed by atoms with Gasteiger partial charge in [0.05, 0.1) is 8.26 Å². The Hall–Kier alpha value is 0.250. The minimum atomic E-state index is -0.230. The number of hydrogen-bond acceptors (Lipinski definition) is 2. The summed E-state index contributed by atoms with van der Waals surface area (Å²) in [5.74, 6) is -0.230. The average molecular weight is 472 g/mol. The second-order valence-electron chi connectivity index (χ2n) is 4.06. The largest absolute Gasteiger partial charge is 0.312 e. The first-order valence-corrected chi connectivity index (χ1v) is 8.76. The molecule has 0 saturated carbocycles. The molecule has 1 unspecified atom stereocenters. The molecule has 0 spiro atoms. The van der Waals surface area contributed by atoms with E-state index in [4.69, 9.17) is 0 Å². The second-order valence-corrected chi connectivity index (χ2v) is 8.17. The van der Waals surface area contributed by atoms with E-state index in [1.54, 1.807) is 11.3 Å². The van der Waals surface area contributed by atoms with Crippen molar-refractivity contribution in [1.82, 2.24) is 5.32 Å². The van der Waals surface area contributed by atoms with Crippen LogP contribution in [-0.4, -0.2) is 7.05 Å². The minimum Gasteiger partial charge on any atom is -0.312 e. The lowest BCUT2D eigenvalue weighted by atomic mass is 10.0. The first-order chi connectivity index (χ1) is 9.01. The van der Waals surface area contributed by atoms with E-state index in [1.807, 2.05) is 19.2 Å². The molecular formula is C13H11Br3FNS. The van der Waals surface area contributed by atoms with Gasteiger partial charge in [-0.05, 0) is 85.0 Å². The smallest absolute Gasteiger partial charge is 0.137 e. The topological polar surface area (TPSA) is 12.0 Å². The summed E-state index contributed by atoms with van der Waals surface area (Å²) in [6.45, 7) is 0. The molecule has 0 bridgehead atoms. The maximum absolute atomic E-state index is 13.2. The standard InChI is InChI=1S/C13H11Br3FNS/c1-18-11(12-6-9(15)13(16)19-12)5-7-2-3-10(17)8(14)4-7/h2-4,6,11,18H,5H2,1H3. The van der Waals surface area contributed by atoms with E-state index in [-0.39, 0.29) is 11.9 Å². The van der Waals surface area contributed by atoms with Gasteiger partial charge in [-0.15, -0.1) is 11.3 Å². The zero-order chi connectivity index (χ0) is 14.0. The Labute approximate surface area is 141 Å². The summed E-state index contributed by atoms with van der Waals surface area (Å²) in [6.07, 6.45) is 0.814. The summed E-state index contributed by atoms with van der Waals surface area (Å²) in [4.78, 5) is 1.24. The number of rotatable bonds is 4. The second kappa shape index (κ2) is 6.80. The van der Waals surface area contributed by atoms with Crippen molar-refractivity contribution in [2.75, 3.05) is 7.05 Å². The van der Waals surface area contributed by atoms with Crippen LogP contribution in [0.1, 0.15) is 16.5 Å². The van der Waals surface area contributed by atoms with Crippen LogP contribution in [0.15, 0.2) is 37.0 Å². The highest BCUT2D eigenvalue weighted by molar-refractivity contribution is 9.13. The van der Waals surface area contributed by atoms with Crippen LogP contribution < -0.4 is 5.32 Å². The van der Waals surface area contributed by atoms with Crippen molar-refractivity contribution in [2.24, 2.45) is 0 Å². The van der Waals surface area contributed by atoms with Gasteiger partial charge in [-0.1, -0.05) is 6.07 Å². The molecule has 6 heteroatoms. The van der Waals surface area contributed by atoms with Gasteiger partial charge in [0, 0.05) is 15.4 Å². The maximum Gasteiger partial charge on any atom is 0.137 e. The molecule has 1 heterocycles. The van der Waals surface area contributed by atoms with Crippen LogP contribution >= 0.6 is 59.1 Å². The molecule has 0 radical (unpaired) electrons. The van der Waals surface area contributed by atoms with Crippen molar-refractivity contribution in [3.05, 3.63) is 53.3 Å². The van der Waals surface area contributed by atoms with E-state index in [0.29, 0.717) is 4.47 Å². The summed E-state index contributed by atoms with van der Waals surface area (Å²) in [6, 6.07) is 7.46. The Morgan fingerprint density at radius 1 is 1.21 bits per heavy atom. The molecule has 19 heavy (non-hydrogen) atoms. The molecule has 0 aliphatic rings. The molecule has 102 valence electrons. The molecular weight excluding hydrogens is 461 g/mol. The fourth-order valence-electron chi connectivity index (χ4n) is 1.78. The van der Waals surface area contributed by atoms with Gasteiger partial charge in [0.2, 0.25) is 0 Å². The first-order valence-electron chi connectivity index (χ1n) is 5.57. The molecule has 0 aliphatic heterocycles. The highest BCUT2D eigenvalue weighted by Gasteiger charge is 2.15. The fourth-order valence-corrected chi connectivity index (χ4v) is 4.41. The summed E-state index contributed by atoms with van der Waals surface area (Å²) < 4.78 is 15.9. The van der Waals surface area contributed by atoms with Crippen LogP contribution in [0.2, 0.25) is 0 Å². The molecule has 1 N–H and O–H groups in total. The number of nitrogens with one attached hydrogen (secondary N) is 1. The Kier molecular flexibility index (Phi) is 5.60. The Bertz CT molecular complexity index is 566. The lowest BCUT2D eigenvalue weighted by Crippen LogP contribution is -2.17. The Morgan fingerprint density at radius 3 is 2.47 bits per heavy atom. The normalized spacial score (nSPS) is 12.7. The van der Waals surface area contributed by atoms with Crippen molar-refractivity contribution < 1.29 is 4.39 Å². The quantitative estimate of drug-likeness (QED) is 0.605. The number of halogens is 4. The summed E-state index contributed by atoms with van der Waals surface area (Å²) in [5.41, 5.74) is 1.09. The predicted molar refractivity (Wildman–Crippen MR) is 89.3 cm³/mol. The van der Waals surface area contributed by atoms with Crippen LogP contribution in [0.25, 0.3) is 0 Å². The third-order valence-electron chi connectivity index (χ3n) is 2.78. The summed E-state index contributed by atoms with van der Waals surface area (Å²) in [7, 11) is 1.94. The van der Waals surface area contributed by atoms with Gasteiger partial charge in [-0.3, -0.25) is 0 Å². The molecule has 1 atom stereocenters. The molecule has 2 rings (SSSR count). The van der Waals surface area contributed by atoms with Crippen molar-refractivity contribution in [1.29, 1.82) is 0 Å². The molecule has 1 aromatic heterocycles. The molecule has 1 nitrogen and oxygen atoms in total. The monoisotopic (exact) mass is 469 g/mol. The van der Waals surface area contributed by atoms with Gasteiger partial charge in [-0.2, -0.15) is 0 Å². The van der Waals surface area contributed by atoms with Crippen LogP contribution in [0.5, 0.6) is 0 Å². The highest BCUT2D eigenvalue weighted by Crippen LogP contribution is 2.36. The first kappa shape index (κ1) is 15.6. The van der Waals surface area contributed by atoms with E-state index in [9.17, 15) is 4.39 Å². The molecule has 0 fully saturated rings. The van der Waals surface area contributed by atoms with Gasteiger partial charge in [0.1, 0.15) is 5.82 Å². The zero-order valence-electron chi connectivity index (χ0n) is 10.0. The van der Waals surface area contributed by atoms with Crippen LogP contribution in [0.4, 0.5) is 4.39 Å². The predicted octanol–water partition coefficient (Wildman–Crippen LogP) is 5.68. The van der Waals surface area contributed by atoms with E-state index >= 15 is 0 Å². The Morgan fingerprint density at radius 2 is 1.95 bits per heavy atom.